The van der Waals surface area contributed by atoms with Gasteiger partial charge in [0, 0.05) is 50.7 Å². The Hall–Kier alpha value is -4.01. The highest BCUT2D eigenvalue weighted by Crippen LogP contribution is 2.38. The number of likely N-dealkylation sites (N-methyl/N-ethyl adjacent to an activating group) is 1. The van der Waals surface area contributed by atoms with Gasteiger partial charge in [-0.05, 0) is 43.9 Å². The van der Waals surface area contributed by atoms with Crippen LogP contribution in [0.25, 0.3) is 10.4 Å². The first-order valence-corrected chi connectivity index (χ1v) is 13.9. The number of rotatable bonds is 9. The Balaban J connectivity index is 1.39. The molecule has 3 aromatic rings. The average Bonchev–Trinajstić information content (AvgIpc) is 3.58. The monoisotopic (exact) mass is 563 g/mol. The van der Waals surface area contributed by atoms with E-state index in [0.717, 1.165) is 28.4 Å². The fourth-order valence-electron chi connectivity index (χ4n) is 4.81. The average molecular weight is 564 g/mol. The van der Waals surface area contributed by atoms with Crippen LogP contribution in [-0.2, 0) is 17.7 Å². The van der Waals surface area contributed by atoms with Crippen molar-refractivity contribution in [3.63, 3.8) is 0 Å². The summed E-state index contributed by atoms with van der Waals surface area (Å²) in [6, 6.07) is 11.6. The third-order valence-electron chi connectivity index (χ3n) is 7.04. The van der Waals surface area contributed by atoms with Gasteiger partial charge in [-0.2, -0.15) is 5.26 Å². The van der Waals surface area contributed by atoms with Crippen LogP contribution in [-0.4, -0.2) is 72.7 Å². The molecule has 2 fully saturated rings. The molecule has 2 amide bonds. The smallest absolute Gasteiger partial charge is 0.410 e. The number of fused-ring (bicyclic) bond motifs is 1. The van der Waals surface area contributed by atoms with Crippen LogP contribution < -0.4 is 10.1 Å². The van der Waals surface area contributed by atoms with Gasteiger partial charge in [-0.25, -0.2) is 14.2 Å². The summed E-state index contributed by atoms with van der Waals surface area (Å²) in [6.07, 6.45) is 3.13. The highest BCUT2D eigenvalue weighted by atomic mass is 32.1. The lowest BCUT2D eigenvalue weighted by molar-refractivity contribution is 0.0915. The number of piperidine rings is 1. The van der Waals surface area contributed by atoms with E-state index in [4.69, 9.17) is 14.7 Å². The number of aromatic nitrogens is 1. The number of nitriles is 1. The van der Waals surface area contributed by atoms with Crippen molar-refractivity contribution in [1.82, 2.24) is 20.1 Å². The SMILES string of the molecule is CN(C)CCc1ncc(-c2cc(F)c(C(=O)NCc3ccc(C#N)cc3)cc2O[C@H]2CCN3C(=O)OC[C@@H]3C2)s1. The normalized spacial score (nSPS) is 18.3. The van der Waals surface area contributed by atoms with E-state index in [1.807, 2.05) is 14.1 Å². The number of hydrogen-bond acceptors (Lipinski definition) is 8. The molecule has 0 saturated carbocycles. The Bertz CT molecular complexity index is 1440. The van der Waals surface area contributed by atoms with Gasteiger partial charge >= 0.3 is 6.09 Å². The second-order valence-electron chi connectivity index (χ2n) is 10.2. The molecule has 40 heavy (non-hydrogen) atoms. The number of nitrogens with zero attached hydrogens (tertiary/aromatic N) is 4. The van der Waals surface area contributed by atoms with Crippen molar-refractivity contribution >= 4 is 23.3 Å². The van der Waals surface area contributed by atoms with E-state index in [1.54, 1.807) is 35.4 Å². The second kappa shape index (κ2) is 12.0. The van der Waals surface area contributed by atoms with Gasteiger partial charge in [0.15, 0.2) is 0 Å². The molecule has 2 saturated heterocycles. The lowest BCUT2D eigenvalue weighted by Crippen LogP contribution is -2.44. The minimum atomic E-state index is -0.660. The van der Waals surface area contributed by atoms with Gasteiger partial charge in [0.05, 0.1) is 33.1 Å². The van der Waals surface area contributed by atoms with E-state index in [-0.39, 0.29) is 30.3 Å². The van der Waals surface area contributed by atoms with E-state index in [9.17, 15) is 9.59 Å². The summed E-state index contributed by atoms with van der Waals surface area (Å²) in [5.41, 5.74) is 1.72. The molecule has 2 atom stereocenters. The molecule has 2 aliphatic heterocycles. The standard InChI is InChI=1S/C29H30FN5O4S/c1-34(2)9-8-27-32-16-26(40-27)23-12-24(30)22(28(36)33-15-19-5-3-18(14-31)4-6-19)13-25(23)39-21-7-10-35-20(11-21)17-38-29(35)37/h3-6,12-13,16,20-21H,7-11,15,17H2,1-2H3,(H,33,36)/t20-,21-/m0/s1. The third kappa shape index (κ3) is 6.24. The maximum absolute atomic E-state index is 15.4. The topological polar surface area (TPSA) is 108 Å². The number of amides is 2. The number of carbonyl (C=O) groups excluding carboxylic acids is 2. The van der Waals surface area contributed by atoms with Gasteiger partial charge in [-0.3, -0.25) is 4.79 Å². The molecule has 2 aliphatic rings. The predicted octanol–water partition coefficient (Wildman–Crippen LogP) is 4.22. The fourth-order valence-corrected chi connectivity index (χ4v) is 5.74. The molecular formula is C29H30FN5O4S. The van der Waals surface area contributed by atoms with Gasteiger partial charge in [0.1, 0.15) is 24.3 Å². The fraction of sp³-hybridized carbons (Fsp3) is 0.379. The molecule has 2 aromatic carbocycles. The zero-order chi connectivity index (χ0) is 28.2. The molecule has 1 N–H and O–H groups in total. The van der Waals surface area contributed by atoms with Crippen LogP contribution in [0.4, 0.5) is 9.18 Å². The molecule has 0 radical (unpaired) electrons. The van der Waals surface area contributed by atoms with Crippen LogP contribution in [0, 0.1) is 17.1 Å². The molecular weight excluding hydrogens is 533 g/mol. The zero-order valence-electron chi connectivity index (χ0n) is 22.4. The number of hydrogen-bond donors (Lipinski definition) is 1. The molecule has 3 heterocycles. The van der Waals surface area contributed by atoms with Gasteiger partial charge in [-0.15, -0.1) is 11.3 Å². The number of halogens is 1. The Morgan fingerprint density at radius 1 is 1.32 bits per heavy atom. The van der Waals surface area contributed by atoms with Crippen molar-refractivity contribution in [3.8, 4) is 22.3 Å². The minimum absolute atomic E-state index is 0.0635. The van der Waals surface area contributed by atoms with E-state index >= 15 is 4.39 Å². The summed E-state index contributed by atoms with van der Waals surface area (Å²) in [4.78, 5) is 34.0. The van der Waals surface area contributed by atoms with Crippen molar-refractivity contribution in [3.05, 3.63) is 70.1 Å². The van der Waals surface area contributed by atoms with Gasteiger partial charge < -0.3 is 24.6 Å². The molecule has 0 aliphatic carbocycles. The first kappa shape index (κ1) is 27.6. The third-order valence-corrected chi connectivity index (χ3v) is 8.13. The number of cyclic esters (lactones) is 1. The number of nitrogens with one attached hydrogen (secondary N) is 1. The Morgan fingerprint density at radius 3 is 2.88 bits per heavy atom. The van der Waals surface area contributed by atoms with E-state index < -0.39 is 11.7 Å². The zero-order valence-corrected chi connectivity index (χ0v) is 23.2. The molecule has 5 rings (SSSR count). The number of carbonyl (C=O) groups is 2. The number of thiazole rings is 1. The van der Waals surface area contributed by atoms with Gasteiger partial charge in [-0.1, -0.05) is 12.1 Å². The summed E-state index contributed by atoms with van der Waals surface area (Å²) >= 11 is 1.47. The molecule has 0 spiro atoms. The van der Waals surface area contributed by atoms with E-state index in [2.05, 4.69) is 21.3 Å². The number of benzene rings is 2. The van der Waals surface area contributed by atoms with Crippen LogP contribution in [0.15, 0.2) is 42.6 Å². The lowest BCUT2D eigenvalue weighted by atomic mass is 10.0. The molecule has 208 valence electrons. The second-order valence-corrected chi connectivity index (χ2v) is 11.3. The van der Waals surface area contributed by atoms with Gasteiger partial charge in [0.25, 0.3) is 5.91 Å². The summed E-state index contributed by atoms with van der Waals surface area (Å²) in [7, 11) is 3.99. The van der Waals surface area contributed by atoms with Crippen LogP contribution in [0.2, 0.25) is 0 Å². The lowest BCUT2D eigenvalue weighted by Gasteiger charge is -2.33. The van der Waals surface area contributed by atoms with Crippen LogP contribution in [0.3, 0.4) is 0 Å². The number of ether oxygens (including phenoxy) is 2. The molecule has 9 nitrogen and oxygen atoms in total. The largest absolute Gasteiger partial charge is 0.490 e. The van der Waals surface area contributed by atoms with Crippen molar-refractivity contribution in [2.24, 2.45) is 0 Å². The first-order valence-electron chi connectivity index (χ1n) is 13.1. The Labute approximate surface area is 236 Å². The summed E-state index contributed by atoms with van der Waals surface area (Å²) in [6.45, 7) is 1.85. The van der Waals surface area contributed by atoms with Crippen molar-refractivity contribution in [2.45, 2.75) is 38.0 Å². The Morgan fingerprint density at radius 2 is 2.12 bits per heavy atom. The molecule has 11 heteroatoms. The highest BCUT2D eigenvalue weighted by Gasteiger charge is 2.39. The quantitative estimate of drug-likeness (QED) is 0.415. The predicted molar refractivity (Wildman–Crippen MR) is 148 cm³/mol. The van der Waals surface area contributed by atoms with Crippen LogP contribution >= 0.6 is 11.3 Å². The van der Waals surface area contributed by atoms with Crippen molar-refractivity contribution in [1.29, 1.82) is 5.26 Å². The van der Waals surface area contributed by atoms with Crippen molar-refractivity contribution in [2.75, 3.05) is 33.8 Å². The highest BCUT2D eigenvalue weighted by molar-refractivity contribution is 7.15. The summed E-state index contributed by atoms with van der Waals surface area (Å²) < 4.78 is 27.0. The molecule has 1 aromatic heterocycles. The van der Waals surface area contributed by atoms with E-state index in [1.165, 1.54) is 23.5 Å². The van der Waals surface area contributed by atoms with Crippen molar-refractivity contribution < 1.29 is 23.5 Å². The molecule has 0 unspecified atom stereocenters. The van der Waals surface area contributed by atoms with Crippen LogP contribution in [0.5, 0.6) is 5.75 Å². The first-order chi connectivity index (χ1) is 19.3. The Kier molecular flexibility index (Phi) is 8.28. The maximum atomic E-state index is 15.4. The maximum Gasteiger partial charge on any atom is 0.410 e. The van der Waals surface area contributed by atoms with Gasteiger partial charge in [0.2, 0.25) is 0 Å². The van der Waals surface area contributed by atoms with E-state index in [0.29, 0.717) is 42.9 Å². The summed E-state index contributed by atoms with van der Waals surface area (Å²) in [5.74, 6) is -0.831. The minimum Gasteiger partial charge on any atom is -0.490 e. The molecule has 0 bridgehead atoms. The summed E-state index contributed by atoms with van der Waals surface area (Å²) in [5, 5.41) is 12.7. The van der Waals surface area contributed by atoms with Crippen LogP contribution in [0.1, 0.15) is 39.3 Å².